The van der Waals surface area contributed by atoms with Gasteiger partial charge in [0.1, 0.15) is 0 Å². The average Bonchev–Trinajstić information content (AvgIpc) is 2.78. The van der Waals surface area contributed by atoms with Crippen LogP contribution in [0.5, 0.6) is 11.5 Å². The van der Waals surface area contributed by atoms with Crippen molar-refractivity contribution in [1.82, 2.24) is 10.6 Å². The van der Waals surface area contributed by atoms with Crippen LogP contribution in [0.3, 0.4) is 0 Å². The highest BCUT2D eigenvalue weighted by atomic mass is 127. The average molecular weight is 554 g/mol. The van der Waals surface area contributed by atoms with Crippen molar-refractivity contribution in [3.63, 3.8) is 0 Å². The fourth-order valence-corrected chi connectivity index (χ4v) is 2.86. The number of anilines is 1. The highest BCUT2D eigenvalue weighted by Gasteiger charge is 2.10. The summed E-state index contributed by atoms with van der Waals surface area (Å²) in [4.78, 5) is 17.1. The van der Waals surface area contributed by atoms with E-state index in [9.17, 15) is 4.79 Å². The molecule has 0 aromatic heterocycles. The van der Waals surface area contributed by atoms with Gasteiger partial charge in [0.15, 0.2) is 17.5 Å². The standard InChI is InChI=1S/C24H34N4O3.HI/c1-6-17(4)27-23(29)19-11-9-10-18(14-19)16-26-24(25-7-2)28-20-12-13-21(30-5)22(15-20)31-8-3;/h9-15,17H,6-8,16H2,1-5H3,(H,27,29)(H2,25,26,28);1H. The van der Waals surface area contributed by atoms with Crippen molar-refractivity contribution in [2.45, 2.75) is 46.7 Å². The number of hydrogen-bond acceptors (Lipinski definition) is 4. The molecule has 0 aliphatic heterocycles. The Bertz CT molecular complexity index is 889. The topological polar surface area (TPSA) is 84.0 Å². The zero-order valence-corrected chi connectivity index (χ0v) is 21.9. The first-order valence-electron chi connectivity index (χ1n) is 10.8. The summed E-state index contributed by atoms with van der Waals surface area (Å²) in [5, 5.41) is 9.53. The molecule has 0 aliphatic carbocycles. The van der Waals surface area contributed by atoms with Crippen LogP contribution in [0.1, 0.15) is 50.0 Å². The molecular weight excluding hydrogens is 519 g/mol. The van der Waals surface area contributed by atoms with Gasteiger partial charge in [-0.2, -0.15) is 0 Å². The van der Waals surface area contributed by atoms with Gasteiger partial charge in [-0.3, -0.25) is 4.79 Å². The number of hydrogen-bond donors (Lipinski definition) is 3. The second kappa shape index (κ2) is 14.5. The predicted octanol–water partition coefficient (Wildman–Crippen LogP) is 4.82. The lowest BCUT2D eigenvalue weighted by Gasteiger charge is -2.15. The number of aliphatic imine (C=N–C) groups is 1. The van der Waals surface area contributed by atoms with Gasteiger partial charge < -0.3 is 25.4 Å². The Labute approximate surface area is 208 Å². The summed E-state index contributed by atoms with van der Waals surface area (Å²) in [7, 11) is 1.62. The van der Waals surface area contributed by atoms with E-state index in [1.807, 2.05) is 70.2 Å². The number of amides is 1. The molecule has 1 amide bonds. The molecule has 176 valence electrons. The Morgan fingerprint density at radius 2 is 1.88 bits per heavy atom. The summed E-state index contributed by atoms with van der Waals surface area (Å²) in [6, 6.07) is 13.3. The van der Waals surface area contributed by atoms with Crippen LogP contribution in [0.2, 0.25) is 0 Å². The second-order valence-corrected chi connectivity index (χ2v) is 7.10. The predicted molar refractivity (Wildman–Crippen MR) is 142 cm³/mol. The molecule has 32 heavy (non-hydrogen) atoms. The highest BCUT2D eigenvalue weighted by Crippen LogP contribution is 2.30. The van der Waals surface area contributed by atoms with Crippen molar-refractivity contribution in [2.24, 2.45) is 4.99 Å². The Hall–Kier alpha value is -2.49. The number of nitrogens with one attached hydrogen (secondary N) is 3. The first-order valence-corrected chi connectivity index (χ1v) is 10.8. The van der Waals surface area contributed by atoms with Crippen LogP contribution in [-0.4, -0.2) is 38.2 Å². The van der Waals surface area contributed by atoms with Gasteiger partial charge in [0.25, 0.3) is 5.91 Å². The lowest BCUT2D eigenvalue weighted by Crippen LogP contribution is -2.32. The van der Waals surface area contributed by atoms with Crippen LogP contribution in [0.25, 0.3) is 0 Å². The number of guanidine groups is 1. The normalized spacial score (nSPS) is 11.7. The molecule has 2 rings (SSSR count). The maximum Gasteiger partial charge on any atom is 0.251 e. The number of benzene rings is 2. The minimum atomic E-state index is -0.0631. The number of carbonyl (C=O) groups excluding carboxylic acids is 1. The van der Waals surface area contributed by atoms with E-state index in [1.54, 1.807) is 7.11 Å². The van der Waals surface area contributed by atoms with Gasteiger partial charge in [0, 0.05) is 29.9 Å². The first-order chi connectivity index (χ1) is 15.0. The van der Waals surface area contributed by atoms with E-state index in [4.69, 9.17) is 9.47 Å². The number of ether oxygens (including phenoxy) is 2. The van der Waals surface area contributed by atoms with Gasteiger partial charge in [-0.15, -0.1) is 24.0 Å². The van der Waals surface area contributed by atoms with Crippen molar-refractivity contribution in [3.05, 3.63) is 53.6 Å². The smallest absolute Gasteiger partial charge is 0.251 e. The van der Waals surface area contributed by atoms with Crippen molar-refractivity contribution in [2.75, 3.05) is 25.6 Å². The van der Waals surface area contributed by atoms with Crippen molar-refractivity contribution < 1.29 is 14.3 Å². The number of methoxy groups -OCH3 is 1. The second-order valence-electron chi connectivity index (χ2n) is 7.10. The lowest BCUT2D eigenvalue weighted by molar-refractivity contribution is 0.0939. The lowest BCUT2D eigenvalue weighted by atomic mass is 10.1. The molecule has 3 N–H and O–H groups in total. The van der Waals surface area contributed by atoms with Gasteiger partial charge in [-0.1, -0.05) is 19.1 Å². The van der Waals surface area contributed by atoms with E-state index in [0.29, 0.717) is 36.2 Å². The molecule has 0 radical (unpaired) electrons. The summed E-state index contributed by atoms with van der Waals surface area (Å²) < 4.78 is 11.0. The Balaban J connectivity index is 0.00000512. The maximum absolute atomic E-state index is 12.4. The summed E-state index contributed by atoms with van der Waals surface area (Å²) in [5.74, 6) is 1.93. The molecule has 1 atom stereocenters. The third-order valence-electron chi connectivity index (χ3n) is 4.67. The fraction of sp³-hybridized carbons (Fsp3) is 0.417. The Morgan fingerprint density at radius 3 is 2.53 bits per heavy atom. The highest BCUT2D eigenvalue weighted by molar-refractivity contribution is 14.0. The van der Waals surface area contributed by atoms with E-state index in [2.05, 4.69) is 20.9 Å². The SMILES string of the molecule is CCNC(=NCc1cccc(C(=O)NC(C)CC)c1)Nc1ccc(OC)c(OCC)c1.I. The van der Waals surface area contributed by atoms with E-state index in [1.165, 1.54) is 0 Å². The Kier molecular flexibility index (Phi) is 12.5. The van der Waals surface area contributed by atoms with Crippen LogP contribution in [0.15, 0.2) is 47.5 Å². The van der Waals surface area contributed by atoms with Gasteiger partial charge in [0.2, 0.25) is 0 Å². The van der Waals surface area contributed by atoms with E-state index in [-0.39, 0.29) is 35.9 Å². The molecule has 0 saturated carbocycles. The van der Waals surface area contributed by atoms with Crippen LogP contribution < -0.4 is 25.4 Å². The maximum atomic E-state index is 12.4. The van der Waals surface area contributed by atoms with E-state index < -0.39 is 0 Å². The molecule has 2 aromatic rings. The van der Waals surface area contributed by atoms with Gasteiger partial charge >= 0.3 is 0 Å². The molecule has 7 nitrogen and oxygen atoms in total. The molecule has 1 unspecified atom stereocenters. The van der Waals surface area contributed by atoms with Crippen molar-refractivity contribution in [3.8, 4) is 11.5 Å². The van der Waals surface area contributed by atoms with Crippen LogP contribution in [-0.2, 0) is 6.54 Å². The molecule has 0 heterocycles. The summed E-state index contributed by atoms with van der Waals surface area (Å²) in [5.41, 5.74) is 2.44. The summed E-state index contributed by atoms with van der Waals surface area (Å²) in [6.45, 7) is 9.70. The zero-order valence-electron chi connectivity index (χ0n) is 19.5. The molecule has 0 saturated heterocycles. The minimum absolute atomic E-state index is 0. The third-order valence-corrected chi connectivity index (χ3v) is 4.67. The van der Waals surface area contributed by atoms with Gasteiger partial charge in [-0.25, -0.2) is 4.99 Å². The fourth-order valence-electron chi connectivity index (χ4n) is 2.86. The monoisotopic (exact) mass is 554 g/mol. The van der Waals surface area contributed by atoms with E-state index in [0.717, 1.165) is 24.2 Å². The molecule has 0 bridgehead atoms. The molecule has 2 aromatic carbocycles. The Morgan fingerprint density at radius 1 is 1.09 bits per heavy atom. The number of nitrogens with zero attached hydrogens (tertiary/aromatic N) is 1. The van der Waals surface area contributed by atoms with Crippen molar-refractivity contribution in [1.29, 1.82) is 0 Å². The first kappa shape index (κ1) is 27.5. The molecule has 0 spiro atoms. The number of halogens is 1. The molecule has 8 heteroatoms. The number of carbonyl (C=O) groups is 1. The zero-order chi connectivity index (χ0) is 22.6. The van der Waals surface area contributed by atoms with Gasteiger partial charge in [0.05, 0.1) is 20.3 Å². The molecular formula is C24H35IN4O3. The van der Waals surface area contributed by atoms with Crippen LogP contribution in [0.4, 0.5) is 5.69 Å². The summed E-state index contributed by atoms with van der Waals surface area (Å²) in [6.07, 6.45) is 0.893. The number of rotatable bonds is 10. The van der Waals surface area contributed by atoms with Crippen LogP contribution >= 0.6 is 24.0 Å². The van der Waals surface area contributed by atoms with Crippen molar-refractivity contribution >= 4 is 41.5 Å². The quantitative estimate of drug-likeness (QED) is 0.223. The summed E-state index contributed by atoms with van der Waals surface area (Å²) >= 11 is 0. The van der Waals surface area contributed by atoms with Gasteiger partial charge in [-0.05, 0) is 57.0 Å². The van der Waals surface area contributed by atoms with E-state index >= 15 is 0 Å². The minimum Gasteiger partial charge on any atom is -0.493 e. The third kappa shape index (κ3) is 8.57. The largest absolute Gasteiger partial charge is 0.493 e. The molecule has 0 fully saturated rings. The molecule has 0 aliphatic rings. The van der Waals surface area contributed by atoms with Crippen LogP contribution in [0, 0.1) is 0 Å².